The second kappa shape index (κ2) is 5.03. The maximum Gasteiger partial charge on any atom is 0.202 e. The third-order valence-electron chi connectivity index (χ3n) is 2.10. The lowest BCUT2D eigenvalue weighted by atomic mass is 10.2. The van der Waals surface area contributed by atoms with Gasteiger partial charge in [0.25, 0.3) is 0 Å². The molecule has 90 valence electrons. The second-order valence-electron chi connectivity index (χ2n) is 3.42. The van der Waals surface area contributed by atoms with E-state index in [0.29, 0.717) is 28.2 Å². The number of nitrogen functional groups attached to an aromatic ring is 2. The highest BCUT2D eigenvalue weighted by Gasteiger charge is 2.07. The maximum absolute atomic E-state index is 5.71. The molecular formula is C11H13N3O2S. The molecule has 0 amide bonds. The first-order valence-electron chi connectivity index (χ1n) is 4.95. The number of nitrogens with zero attached hydrogens (tertiary/aromatic N) is 1. The summed E-state index contributed by atoms with van der Waals surface area (Å²) in [4.78, 5) is 3.92. The number of nitrogens with two attached hydrogens (primary N) is 2. The summed E-state index contributed by atoms with van der Waals surface area (Å²) in [5.41, 5.74) is 12.8. The minimum atomic E-state index is 0.439. The summed E-state index contributed by atoms with van der Waals surface area (Å²) in [7, 11) is 1.62. The monoisotopic (exact) mass is 251 g/mol. The molecule has 0 saturated heterocycles. The number of ether oxygens (including phenoxy) is 2. The van der Waals surface area contributed by atoms with Crippen molar-refractivity contribution in [3.63, 3.8) is 0 Å². The van der Waals surface area contributed by atoms with E-state index in [9.17, 15) is 0 Å². The Morgan fingerprint density at radius 1 is 1.35 bits per heavy atom. The van der Waals surface area contributed by atoms with E-state index in [1.54, 1.807) is 25.4 Å². The van der Waals surface area contributed by atoms with Gasteiger partial charge in [0.15, 0.2) is 5.13 Å². The van der Waals surface area contributed by atoms with Gasteiger partial charge in [-0.05, 0) is 18.2 Å². The Kier molecular flexibility index (Phi) is 3.46. The van der Waals surface area contributed by atoms with Crippen LogP contribution in [0.2, 0.25) is 0 Å². The molecule has 17 heavy (non-hydrogen) atoms. The van der Waals surface area contributed by atoms with E-state index in [4.69, 9.17) is 20.9 Å². The van der Waals surface area contributed by atoms with Gasteiger partial charge in [-0.25, -0.2) is 4.98 Å². The standard InChI is InChI=1S/C11H13N3O2S/c1-15-6-7-4-8(12)2-3-9(7)16-10-5-14-11(13)17-10/h2-5H,6,12H2,1H3,(H2,13,14). The number of methoxy groups -OCH3 is 1. The van der Waals surface area contributed by atoms with Gasteiger partial charge in [0.1, 0.15) is 5.75 Å². The van der Waals surface area contributed by atoms with Gasteiger partial charge in [0.2, 0.25) is 5.06 Å². The highest BCUT2D eigenvalue weighted by atomic mass is 32.1. The molecule has 0 aliphatic carbocycles. The van der Waals surface area contributed by atoms with Gasteiger partial charge >= 0.3 is 0 Å². The van der Waals surface area contributed by atoms with E-state index in [2.05, 4.69) is 4.98 Å². The Hall–Kier alpha value is -1.79. The molecule has 2 aromatic rings. The fourth-order valence-electron chi connectivity index (χ4n) is 1.39. The molecule has 0 atom stereocenters. The van der Waals surface area contributed by atoms with Crippen LogP contribution in [0.25, 0.3) is 0 Å². The van der Waals surface area contributed by atoms with Gasteiger partial charge in [-0.1, -0.05) is 11.3 Å². The molecule has 5 nitrogen and oxygen atoms in total. The molecule has 0 spiro atoms. The van der Waals surface area contributed by atoms with Gasteiger partial charge in [0, 0.05) is 18.4 Å². The highest BCUT2D eigenvalue weighted by molar-refractivity contribution is 7.17. The largest absolute Gasteiger partial charge is 0.445 e. The molecule has 1 aromatic carbocycles. The minimum absolute atomic E-state index is 0.439. The third kappa shape index (κ3) is 2.86. The molecule has 6 heteroatoms. The lowest BCUT2D eigenvalue weighted by Crippen LogP contribution is -1.95. The maximum atomic E-state index is 5.71. The summed E-state index contributed by atoms with van der Waals surface area (Å²) in [6, 6.07) is 5.40. The third-order valence-corrected chi connectivity index (χ3v) is 2.80. The number of rotatable bonds is 4. The van der Waals surface area contributed by atoms with Crippen LogP contribution in [-0.4, -0.2) is 12.1 Å². The van der Waals surface area contributed by atoms with Gasteiger partial charge in [-0.2, -0.15) is 0 Å². The predicted molar refractivity (Wildman–Crippen MR) is 68.2 cm³/mol. The smallest absolute Gasteiger partial charge is 0.202 e. The first kappa shape index (κ1) is 11.7. The van der Waals surface area contributed by atoms with Crippen molar-refractivity contribution < 1.29 is 9.47 Å². The van der Waals surface area contributed by atoms with Crippen molar-refractivity contribution in [3.05, 3.63) is 30.0 Å². The summed E-state index contributed by atoms with van der Waals surface area (Å²) in [5.74, 6) is 0.699. The Bertz CT molecular complexity index is 513. The van der Waals surface area contributed by atoms with Gasteiger partial charge < -0.3 is 20.9 Å². The quantitative estimate of drug-likeness (QED) is 0.814. The lowest BCUT2D eigenvalue weighted by Gasteiger charge is -2.09. The first-order chi connectivity index (χ1) is 8.19. The fraction of sp³-hybridized carbons (Fsp3) is 0.182. The molecule has 0 unspecified atom stereocenters. The molecule has 4 N–H and O–H groups in total. The van der Waals surface area contributed by atoms with E-state index in [1.807, 2.05) is 6.07 Å². The summed E-state index contributed by atoms with van der Waals surface area (Å²) in [6.07, 6.45) is 1.59. The zero-order chi connectivity index (χ0) is 12.3. The molecule has 0 aliphatic heterocycles. The molecule has 2 rings (SSSR count). The number of thiazole rings is 1. The SMILES string of the molecule is COCc1cc(N)ccc1Oc1cnc(N)s1. The second-order valence-corrected chi connectivity index (χ2v) is 4.44. The van der Waals surface area contributed by atoms with Crippen molar-refractivity contribution in [2.75, 3.05) is 18.6 Å². The number of anilines is 2. The molecule has 0 aliphatic rings. The zero-order valence-electron chi connectivity index (χ0n) is 9.34. The van der Waals surface area contributed by atoms with Gasteiger partial charge in [-0.15, -0.1) is 0 Å². The Morgan fingerprint density at radius 3 is 2.82 bits per heavy atom. The van der Waals surface area contributed by atoms with Crippen LogP contribution in [-0.2, 0) is 11.3 Å². The zero-order valence-corrected chi connectivity index (χ0v) is 10.2. The van der Waals surface area contributed by atoms with Crippen LogP contribution in [0.5, 0.6) is 10.8 Å². The Labute approximate surface area is 103 Å². The topological polar surface area (TPSA) is 83.4 Å². The fourth-order valence-corrected chi connectivity index (χ4v) is 1.94. The average Bonchev–Trinajstić information content (AvgIpc) is 2.69. The van der Waals surface area contributed by atoms with Crippen LogP contribution in [0, 0.1) is 0 Å². The van der Waals surface area contributed by atoms with Crippen molar-refractivity contribution in [2.45, 2.75) is 6.61 Å². The normalized spacial score (nSPS) is 10.4. The molecule has 1 aromatic heterocycles. The summed E-state index contributed by atoms with van der Waals surface area (Å²) >= 11 is 1.29. The van der Waals surface area contributed by atoms with Crippen molar-refractivity contribution in [2.24, 2.45) is 0 Å². The molecule has 0 bridgehead atoms. The number of aromatic nitrogens is 1. The molecular weight excluding hydrogens is 238 g/mol. The van der Waals surface area contributed by atoms with Crippen LogP contribution >= 0.6 is 11.3 Å². The minimum Gasteiger partial charge on any atom is -0.445 e. The van der Waals surface area contributed by atoms with Crippen molar-refractivity contribution in [1.29, 1.82) is 0 Å². The van der Waals surface area contributed by atoms with E-state index in [1.165, 1.54) is 11.3 Å². The highest BCUT2D eigenvalue weighted by Crippen LogP contribution is 2.31. The molecule has 0 saturated carbocycles. The van der Waals surface area contributed by atoms with Crippen LogP contribution < -0.4 is 16.2 Å². The van der Waals surface area contributed by atoms with Crippen LogP contribution in [0.15, 0.2) is 24.4 Å². The van der Waals surface area contributed by atoms with Gasteiger partial charge in [0.05, 0.1) is 12.8 Å². The number of benzene rings is 1. The van der Waals surface area contributed by atoms with E-state index >= 15 is 0 Å². The number of hydrogen-bond donors (Lipinski definition) is 2. The first-order valence-corrected chi connectivity index (χ1v) is 5.77. The van der Waals surface area contributed by atoms with Crippen LogP contribution in [0.1, 0.15) is 5.56 Å². The average molecular weight is 251 g/mol. The van der Waals surface area contributed by atoms with Crippen molar-refractivity contribution in [1.82, 2.24) is 4.98 Å². The van der Waals surface area contributed by atoms with Crippen molar-refractivity contribution in [3.8, 4) is 10.8 Å². The molecule has 0 radical (unpaired) electrons. The number of hydrogen-bond acceptors (Lipinski definition) is 6. The summed E-state index contributed by atoms with van der Waals surface area (Å²) in [6.45, 7) is 0.439. The van der Waals surface area contributed by atoms with E-state index in [0.717, 1.165) is 5.56 Å². The summed E-state index contributed by atoms with van der Waals surface area (Å²) < 4.78 is 10.8. The molecule has 0 fully saturated rings. The predicted octanol–water partition coefficient (Wildman–Crippen LogP) is 2.25. The molecule has 1 heterocycles. The van der Waals surface area contributed by atoms with E-state index in [-0.39, 0.29) is 0 Å². The van der Waals surface area contributed by atoms with Gasteiger partial charge in [-0.3, -0.25) is 0 Å². The Balaban J connectivity index is 2.25. The van der Waals surface area contributed by atoms with Crippen LogP contribution in [0.3, 0.4) is 0 Å². The summed E-state index contributed by atoms with van der Waals surface area (Å²) in [5, 5.41) is 1.12. The van der Waals surface area contributed by atoms with Crippen LogP contribution in [0.4, 0.5) is 10.8 Å². The van der Waals surface area contributed by atoms with E-state index < -0.39 is 0 Å². The Morgan fingerprint density at radius 2 is 2.18 bits per heavy atom. The van der Waals surface area contributed by atoms with Crippen molar-refractivity contribution >= 4 is 22.2 Å². The lowest BCUT2D eigenvalue weighted by molar-refractivity contribution is 0.182.